The van der Waals surface area contributed by atoms with Crippen molar-refractivity contribution in [3.8, 4) is 0 Å². The summed E-state index contributed by atoms with van der Waals surface area (Å²) in [5, 5.41) is 0. The summed E-state index contributed by atoms with van der Waals surface area (Å²) >= 11 is 1.61. The van der Waals surface area contributed by atoms with Crippen molar-refractivity contribution in [2.24, 2.45) is 5.41 Å². The average Bonchev–Trinajstić information content (AvgIpc) is 2.15. The molecule has 82 valence electrons. The van der Waals surface area contributed by atoms with E-state index in [0.29, 0.717) is 11.5 Å². The molecule has 0 saturated heterocycles. The zero-order chi connectivity index (χ0) is 11.5. The van der Waals surface area contributed by atoms with Crippen molar-refractivity contribution in [3.63, 3.8) is 0 Å². The highest BCUT2D eigenvalue weighted by Gasteiger charge is 2.20. The van der Waals surface area contributed by atoms with Gasteiger partial charge in [-0.05, 0) is 19.1 Å². The number of rotatable bonds is 3. The Morgan fingerprint density at radius 2 is 1.73 bits per heavy atom. The second kappa shape index (κ2) is 4.84. The number of hydrogen-bond acceptors (Lipinski definition) is 2. The van der Waals surface area contributed by atoms with Crippen LogP contribution in [0.5, 0.6) is 0 Å². The van der Waals surface area contributed by atoms with Crippen molar-refractivity contribution in [2.75, 3.05) is 5.75 Å². The number of ketones is 1. The van der Waals surface area contributed by atoms with Crippen LogP contribution in [0, 0.1) is 12.3 Å². The molecule has 0 heterocycles. The van der Waals surface area contributed by atoms with E-state index in [4.69, 9.17) is 0 Å². The van der Waals surface area contributed by atoms with E-state index >= 15 is 0 Å². The highest BCUT2D eigenvalue weighted by Crippen LogP contribution is 2.23. The van der Waals surface area contributed by atoms with Gasteiger partial charge in [-0.2, -0.15) is 0 Å². The third-order valence-electron chi connectivity index (χ3n) is 2.23. The molecule has 0 atom stereocenters. The fourth-order valence-corrected chi connectivity index (χ4v) is 2.06. The van der Waals surface area contributed by atoms with Crippen molar-refractivity contribution in [2.45, 2.75) is 32.6 Å². The Bertz CT molecular complexity index is 333. The summed E-state index contributed by atoms with van der Waals surface area (Å²) in [4.78, 5) is 12.8. The summed E-state index contributed by atoms with van der Waals surface area (Å²) in [6.07, 6.45) is 0. The number of hydrogen-bond donors (Lipinski definition) is 0. The molecule has 0 unspecified atom stereocenters. The quantitative estimate of drug-likeness (QED) is 0.725. The van der Waals surface area contributed by atoms with Gasteiger partial charge >= 0.3 is 0 Å². The minimum absolute atomic E-state index is 0.225. The first-order valence-corrected chi connectivity index (χ1v) is 6.11. The maximum absolute atomic E-state index is 11.7. The lowest BCUT2D eigenvalue weighted by molar-refractivity contribution is -0.123. The molecule has 0 amide bonds. The Labute approximate surface area is 96.3 Å². The lowest BCUT2D eigenvalue weighted by Gasteiger charge is -2.15. The number of Topliss-reactive ketones (excluding diaryl/α,β-unsaturated/α-hetero) is 1. The van der Waals surface area contributed by atoms with Gasteiger partial charge in [-0.15, -0.1) is 11.8 Å². The summed E-state index contributed by atoms with van der Waals surface area (Å²) in [7, 11) is 0. The van der Waals surface area contributed by atoms with Gasteiger partial charge in [-0.1, -0.05) is 38.5 Å². The van der Waals surface area contributed by atoms with Crippen molar-refractivity contribution in [3.05, 3.63) is 29.8 Å². The molecular formula is C13H18OS. The molecule has 0 N–H and O–H groups in total. The van der Waals surface area contributed by atoms with Gasteiger partial charge in [-0.25, -0.2) is 0 Å². The van der Waals surface area contributed by atoms with Gasteiger partial charge < -0.3 is 0 Å². The van der Waals surface area contributed by atoms with E-state index in [9.17, 15) is 4.79 Å². The molecular weight excluding hydrogens is 204 g/mol. The first-order chi connectivity index (χ1) is 6.89. The van der Waals surface area contributed by atoms with Crippen molar-refractivity contribution in [1.29, 1.82) is 0 Å². The van der Waals surface area contributed by atoms with Gasteiger partial charge in [0.05, 0.1) is 5.75 Å². The number of aryl methyl sites for hydroxylation is 1. The van der Waals surface area contributed by atoms with E-state index in [-0.39, 0.29) is 5.41 Å². The lowest BCUT2D eigenvalue weighted by Crippen LogP contribution is -2.21. The predicted octanol–water partition coefficient (Wildman–Crippen LogP) is 3.70. The Balaban J connectivity index is 2.51. The highest BCUT2D eigenvalue weighted by molar-refractivity contribution is 8.00. The Morgan fingerprint density at radius 1 is 1.20 bits per heavy atom. The Hall–Kier alpha value is -0.760. The average molecular weight is 222 g/mol. The standard InChI is InChI=1S/C13H18OS/c1-10-5-7-11(8-6-10)15-9-12(14)13(2,3)4/h5-8H,9H2,1-4H3. The maximum Gasteiger partial charge on any atom is 0.148 e. The Morgan fingerprint density at radius 3 is 2.20 bits per heavy atom. The summed E-state index contributed by atoms with van der Waals surface area (Å²) in [6, 6.07) is 8.28. The van der Waals surface area contributed by atoms with E-state index in [1.54, 1.807) is 11.8 Å². The topological polar surface area (TPSA) is 17.1 Å². The molecule has 0 aliphatic rings. The van der Waals surface area contributed by atoms with Crippen LogP contribution in [0.15, 0.2) is 29.2 Å². The van der Waals surface area contributed by atoms with E-state index < -0.39 is 0 Å². The number of carbonyl (C=O) groups is 1. The van der Waals surface area contributed by atoms with Crippen molar-refractivity contribution < 1.29 is 4.79 Å². The number of carbonyl (C=O) groups excluding carboxylic acids is 1. The van der Waals surface area contributed by atoms with Crippen LogP contribution in [0.1, 0.15) is 26.3 Å². The zero-order valence-corrected chi connectivity index (χ0v) is 10.6. The van der Waals surface area contributed by atoms with E-state index in [1.807, 2.05) is 20.8 Å². The van der Waals surface area contributed by atoms with Gasteiger partial charge in [0, 0.05) is 10.3 Å². The van der Waals surface area contributed by atoms with E-state index in [2.05, 4.69) is 31.2 Å². The SMILES string of the molecule is Cc1ccc(SCC(=O)C(C)(C)C)cc1. The predicted molar refractivity (Wildman–Crippen MR) is 66.4 cm³/mol. The molecule has 0 aliphatic heterocycles. The molecule has 0 bridgehead atoms. The fourth-order valence-electron chi connectivity index (χ4n) is 1.000. The summed E-state index contributed by atoms with van der Waals surface area (Å²) in [5.41, 5.74) is 1.03. The largest absolute Gasteiger partial charge is 0.298 e. The molecule has 2 heteroatoms. The molecule has 1 aromatic rings. The maximum atomic E-state index is 11.7. The van der Waals surface area contributed by atoms with Crippen LogP contribution in [0.2, 0.25) is 0 Å². The monoisotopic (exact) mass is 222 g/mol. The molecule has 0 spiro atoms. The molecule has 0 saturated carbocycles. The van der Waals surface area contributed by atoms with E-state index in [1.165, 1.54) is 10.5 Å². The first kappa shape index (κ1) is 12.3. The normalized spacial score (nSPS) is 11.5. The Kier molecular flexibility index (Phi) is 3.97. The fraction of sp³-hybridized carbons (Fsp3) is 0.462. The minimum Gasteiger partial charge on any atom is -0.298 e. The number of benzene rings is 1. The van der Waals surface area contributed by atoms with Gasteiger partial charge in [0.25, 0.3) is 0 Å². The van der Waals surface area contributed by atoms with Gasteiger partial charge in [0.1, 0.15) is 5.78 Å². The van der Waals surface area contributed by atoms with Crippen LogP contribution in [-0.2, 0) is 4.79 Å². The summed E-state index contributed by atoms with van der Waals surface area (Å²) in [5.74, 6) is 0.861. The second-order valence-corrected chi connectivity index (χ2v) is 5.82. The smallest absolute Gasteiger partial charge is 0.148 e. The number of thioether (sulfide) groups is 1. The molecule has 0 aromatic heterocycles. The highest BCUT2D eigenvalue weighted by atomic mass is 32.2. The van der Waals surface area contributed by atoms with Crippen LogP contribution in [0.4, 0.5) is 0 Å². The molecule has 15 heavy (non-hydrogen) atoms. The first-order valence-electron chi connectivity index (χ1n) is 5.12. The van der Waals surface area contributed by atoms with E-state index in [0.717, 1.165) is 0 Å². The van der Waals surface area contributed by atoms with Crippen LogP contribution in [0.3, 0.4) is 0 Å². The summed E-state index contributed by atoms with van der Waals surface area (Å²) < 4.78 is 0. The molecule has 0 radical (unpaired) electrons. The zero-order valence-electron chi connectivity index (χ0n) is 9.83. The van der Waals surface area contributed by atoms with Gasteiger partial charge in [-0.3, -0.25) is 4.79 Å². The molecule has 0 fully saturated rings. The molecule has 1 aromatic carbocycles. The van der Waals surface area contributed by atoms with Crippen LogP contribution >= 0.6 is 11.8 Å². The van der Waals surface area contributed by atoms with Gasteiger partial charge in [0.15, 0.2) is 0 Å². The van der Waals surface area contributed by atoms with Crippen LogP contribution in [-0.4, -0.2) is 11.5 Å². The third-order valence-corrected chi connectivity index (χ3v) is 3.24. The van der Waals surface area contributed by atoms with Crippen molar-refractivity contribution >= 4 is 17.5 Å². The van der Waals surface area contributed by atoms with Crippen LogP contribution in [0.25, 0.3) is 0 Å². The van der Waals surface area contributed by atoms with Crippen LogP contribution < -0.4 is 0 Å². The molecule has 1 rings (SSSR count). The third kappa shape index (κ3) is 4.08. The van der Waals surface area contributed by atoms with Gasteiger partial charge in [0.2, 0.25) is 0 Å². The summed E-state index contributed by atoms with van der Waals surface area (Å²) in [6.45, 7) is 7.95. The molecule has 1 nitrogen and oxygen atoms in total. The lowest BCUT2D eigenvalue weighted by atomic mass is 9.92. The second-order valence-electron chi connectivity index (χ2n) is 4.77. The molecule has 0 aliphatic carbocycles. The van der Waals surface area contributed by atoms with Crippen molar-refractivity contribution in [1.82, 2.24) is 0 Å². The minimum atomic E-state index is -0.225.